The lowest BCUT2D eigenvalue weighted by molar-refractivity contribution is -0.120. The molecule has 140 valence electrons. The molecule has 0 bridgehead atoms. The maximum Gasteiger partial charge on any atom is 0.255 e. The minimum absolute atomic E-state index is 0.134. The van der Waals surface area contributed by atoms with Crippen LogP contribution >= 0.6 is 0 Å². The van der Waals surface area contributed by atoms with Gasteiger partial charge >= 0.3 is 0 Å². The molecular weight excluding hydrogens is 352 g/mol. The van der Waals surface area contributed by atoms with Crippen molar-refractivity contribution < 1.29 is 14.3 Å². The second-order valence-electron chi connectivity index (χ2n) is 6.62. The van der Waals surface area contributed by atoms with E-state index in [0.717, 1.165) is 11.1 Å². The van der Waals surface area contributed by atoms with Gasteiger partial charge in [0.15, 0.2) is 0 Å². The van der Waals surface area contributed by atoms with Crippen LogP contribution in [0.4, 0.5) is 5.69 Å². The number of fused-ring (bicyclic) bond motifs is 1. The van der Waals surface area contributed by atoms with Gasteiger partial charge < -0.3 is 15.0 Å². The highest BCUT2D eigenvalue weighted by molar-refractivity contribution is 6.04. The highest BCUT2D eigenvalue weighted by Crippen LogP contribution is 2.32. The molecule has 0 radical (unpaired) electrons. The molecule has 2 amide bonds. The van der Waals surface area contributed by atoms with Crippen LogP contribution in [-0.2, 0) is 11.3 Å². The van der Waals surface area contributed by atoms with Crippen LogP contribution < -0.4 is 10.1 Å². The maximum atomic E-state index is 13.3. The first-order valence-corrected chi connectivity index (χ1v) is 9.06. The van der Waals surface area contributed by atoms with Gasteiger partial charge in [0, 0.05) is 23.9 Å². The lowest BCUT2D eigenvalue weighted by Crippen LogP contribution is -2.37. The Bertz CT molecular complexity index is 1020. The first kappa shape index (κ1) is 17.8. The van der Waals surface area contributed by atoms with E-state index in [2.05, 4.69) is 5.32 Å². The fourth-order valence-electron chi connectivity index (χ4n) is 3.51. The van der Waals surface area contributed by atoms with E-state index in [0.29, 0.717) is 23.5 Å². The molecule has 5 nitrogen and oxygen atoms in total. The van der Waals surface area contributed by atoms with Crippen LogP contribution in [0.15, 0.2) is 78.9 Å². The van der Waals surface area contributed by atoms with Crippen molar-refractivity contribution >= 4 is 17.5 Å². The molecule has 0 aliphatic carbocycles. The Morgan fingerprint density at radius 3 is 2.50 bits per heavy atom. The van der Waals surface area contributed by atoms with Crippen molar-refractivity contribution in [3.8, 4) is 5.75 Å². The topological polar surface area (TPSA) is 58.6 Å². The van der Waals surface area contributed by atoms with Crippen molar-refractivity contribution in [2.75, 3.05) is 12.4 Å². The van der Waals surface area contributed by atoms with E-state index < -0.39 is 6.04 Å². The number of methoxy groups -OCH3 is 1. The Labute approximate surface area is 163 Å². The van der Waals surface area contributed by atoms with Gasteiger partial charge in [-0.15, -0.1) is 0 Å². The van der Waals surface area contributed by atoms with E-state index in [9.17, 15) is 9.59 Å². The molecule has 0 aromatic heterocycles. The van der Waals surface area contributed by atoms with Crippen LogP contribution in [0.1, 0.15) is 27.5 Å². The molecule has 1 atom stereocenters. The summed E-state index contributed by atoms with van der Waals surface area (Å²) in [7, 11) is 1.58. The van der Waals surface area contributed by atoms with Gasteiger partial charge in [0.2, 0.25) is 0 Å². The van der Waals surface area contributed by atoms with Crippen LogP contribution in [-0.4, -0.2) is 23.8 Å². The van der Waals surface area contributed by atoms with E-state index in [1.165, 1.54) is 0 Å². The van der Waals surface area contributed by atoms with Gasteiger partial charge in [0.05, 0.1) is 7.11 Å². The number of nitrogens with zero attached hydrogens (tertiary/aromatic N) is 1. The number of carbonyl (C=O) groups excluding carboxylic acids is 2. The highest BCUT2D eigenvalue weighted by atomic mass is 16.5. The number of amides is 2. The maximum absolute atomic E-state index is 13.3. The summed E-state index contributed by atoms with van der Waals surface area (Å²) in [5.74, 6) is 0.254. The molecular formula is C23H20N2O3. The number of nitrogens with one attached hydrogen (secondary N) is 1. The Morgan fingerprint density at radius 2 is 1.75 bits per heavy atom. The molecule has 1 unspecified atom stereocenters. The van der Waals surface area contributed by atoms with E-state index >= 15 is 0 Å². The van der Waals surface area contributed by atoms with Crippen LogP contribution in [0.5, 0.6) is 5.75 Å². The third kappa shape index (κ3) is 3.34. The number of anilines is 1. The lowest BCUT2D eigenvalue weighted by Gasteiger charge is -2.27. The quantitative estimate of drug-likeness (QED) is 0.736. The third-order valence-corrected chi connectivity index (χ3v) is 4.86. The average molecular weight is 372 g/mol. The summed E-state index contributed by atoms with van der Waals surface area (Å²) in [4.78, 5) is 27.9. The lowest BCUT2D eigenvalue weighted by atomic mass is 10.0. The van der Waals surface area contributed by atoms with Gasteiger partial charge in [-0.25, -0.2) is 0 Å². The zero-order valence-corrected chi connectivity index (χ0v) is 15.5. The van der Waals surface area contributed by atoms with E-state index in [1.807, 2.05) is 60.7 Å². The summed E-state index contributed by atoms with van der Waals surface area (Å²) in [5.41, 5.74) is 2.97. The van der Waals surface area contributed by atoms with Gasteiger partial charge in [-0.1, -0.05) is 54.6 Å². The van der Waals surface area contributed by atoms with Gasteiger partial charge in [-0.2, -0.15) is 0 Å². The predicted octanol–water partition coefficient (Wildman–Crippen LogP) is 4.03. The van der Waals surface area contributed by atoms with Crippen molar-refractivity contribution in [2.24, 2.45) is 0 Å². The smallest absolute Gasteiger partial charge is 0.255 e. The standard InChI is InChI=1S/C23H20N2O3/c1-28-19-12-7-11-18(14-19)24-22(26)21(16-8-3-2-4-9-16)25-15-17-10-5-6-13-20(17)23(25)27/h2-14,21H,15H2,1H3,(H,24,26). The van der Waals surface area contributed by atoms with Gasteiger partial charge in [0.1, 0.15) is 11.8 Å². The fraction of sp³-hybridized carbons (Fsp3) is 0.130. The summed E-state index contributed by atoms with van der Waals surface area (Å²) >= 11 is 0. The van der Waals surface area contributed by atoms with Crippen molar-refractivity contribution in [1.29, 1.82) is 0 Å². The number of rotatable bonds is 5. The normalized spacial score (nSPS) is 13.8. The minimum Gasteiger partial charge on any atom is -0.497 e. The largest absolute Gasteiger partial charge is 0.497 e. The third-order valence-electron chi connectivity index (χ3n) is 4.86. The van der Waals surface area contributed by atoms with Crippen molar-refractivity contribution in [2.45, 2.75) is 12.6 Å². The van der Waals surface area contributed by atoms with Crippen LogP contribution in [0.25, 0.3) is 0 Å². The van der Waals surface area contributed by atoms with Crippen molar-refractivity contribution in [3.05, 3.63) is 95.6 Å². The number of benzene rings is 3. The van der Waals surface area contributed by atoms with E-state index in [4.69, 9.17) is 4.74 Å². The van der Waals surface area contributed by atoms with Crippen LogP contribution in [0.2, 0.25) is 0 Å². The number of ether oxygens (including phenoxy) is 1. The summed E-state index contributed by atoms with van der Waals surface area (Å²) < 4.78 is 5.22. The molecule has 3 aromatic rings. The molecule has 3 aromatic carbocycles. The molecule has 1 N–H and O–H groups in total. The Kier molecular flexibility index (Phi) is 4.81. The van der Waals surface area contributed by atoms with E-state index in [-0.39, 0.29) is 11.8 Å². The molecule has 28 heavy (non-hydrogen) atoms. The zero-order chi connectivity index (χ0) is 19.5. The van der Waals surface area contributed by atoms with Crippen LogP contribution in [0.3, 0.4) is 0 Å². The molecule has 5 heteroatoms. The summed E-state index contributed by atoms with van der Waals surface area (Å²) in [6.45, 7) is 0.403. The SMILES string of the molecule is COc1cccc(NC(=O)C(c2ccccc2)N2Cc3ccccc3C2=O)c1. The summed E-state index contributed by atoms with van der Waals surface area (Å²) in [5, 5.41) is 2.93. The molecule has 1 aliphatic heterocycles. The molecule has 0 spiro atoms. The summed E-state index contributed by atoms with van der Waals surface area (Å²) in [6.07, 6.45) is 0. The second-order valence-corrected chi connectivity index (χ2v) is 6.62. The van der Waals surface area contributed by atoms with Crippen molar-refractivity contribution in [1.82, 2.24) is 4.90 Å². The monoisotopic (exact) mass is 372 g/mol. The first-order chi connectivity index (χ1) is 13.7. The van der Waals surface area contributed by atoms with Crippen molar-refractivity contribution in [3.63, 3.8) is 0 Å². The fourth-order valence-corrected chi connectivity index (χ4v) is 3.51. The minimum atomic E-state index is -0.729. The Balaban J connectivity index is 1.67. The number of hydrogen-bond donors (Lipinski definition) is 1. The zero-order valence-electron chi connectivity index (χ0n) is 15.5. The first-order valence-electron chi connectivity index (χ1n) is 9.06. The number of hydrogen-bond acceptors (Lipinski definition) is 3. The average Bonchev–Trinajstić information content (AvgIpc) is 3.05. The summed E-state index contributed by atoms with van der Waals surface area (Å²) in [6, 6.07) is 23.3. The van der Waals surface area contributed by atoms with Crippen LogP contribution in [0, 0.1) is 0 Å². The molecule has 1 aliphatic rings. The Hall–Kier alpha value is -3.60. The number of carbonyl (C=O) groups is 2. The van der Waals surface area contributed by atoms with Gasteiger partial charge in [-0.05, 0) is 29.3 Å². The molecule has 4 rings (SSSR count). The second kappa shape index (κ2) is 7.56. The van der Waals surface area contributed by atoms with Gasteiger partial charge in [0.25, 0.3) is 11.8 Å². The Morgan fingerprint density at radius 1 is 1.00 bits per heavy atom. The molecule has 1 heterocycles. The molecule has 0 fully saturated rings. The predicted molar refractivity (Wildman–Crippen MR) is 107 cm³/mol. The molecule has 0 saturated carbocycles. The van der Waals surface area contributed by atoms with E-state index in [1.54, 1.807) is 30.2 Å². The highest BCUT2D eigenvalue weighted by Gasteiger charge is 2.37. The van der Waals surface area contributed by atoms with Gasteiger partial charge in [-0.3, -0.25) is 9.59 Å². The molecule has 0 saturated heterocycles.